The SMILES string of the molecule is CCC[C@]1(C(=O)O)CN(c2cc(C)c3cc(C)ccc3n2)CC[C@@H]1O. The lowest BCUT2D eigenvalue weighted by molar-refractivity contribution is -0.158. The Labute approximate surface area is 148 Å². The molecule has 0 amide bonds. The molecule has 1 aromatic heterocycles. The summed E-state index contributed by atoms with van der Waals surface area (Å²) in [4.78, 5) is 18.7. The van der Waals surface area contributed by atoms with E-state index in [1.807, 2.05) is 30.0 Å². The first-order valence-electron chi connectivity index (χ1n) is 8.92. The largest absolute Gasteiger partial charge is 0.481 e. The van der Waals surface area contributed by atoms with Crippen molar-refractivity contribution in [3.63, 3.8) is 0 Å². The Morgan fingerprint density at radius 3 is 2.80 bits per heavy atom. The molecule has 0 aliphatic carbocycles. The van der Waals surface area contributed by atoms with E-state index in [-0.39, 0.29) is 0 Å². The smallest absolute Gasteiger partial charge is 0.314 e. The van der Waals surface area contributed by atoms with Crippen molar-refractivity contribution in [1.29, 1.82) is 0 Å². The summed E-state index contributed by atoms with van der Waals surface area (Å²) in [6, 6.07) is 8.20. The zero-order valence-electron chi connectivity index (χ0n) is 15.1. The number of benzene rings is 1. The lowest BCUT2D eigenvalue weighted by Gasteiger charge is -2.44. The highest BCUT2D eigenvalue weighted by Gasteiger charge is 2.48. The summed E-state index contributed by atoms with van der Waals surface area (Å²) in [5.74, 6) is -0.123. The molecule has 134 valence electrons. The highest BCUT2D eigenvalue weighted by Crippen LogP contribution is 2.37. The number of aryl methyl sites for hydroxylation is 2. The Morgan fingerprint density at radius 1 is 1.36 bits per heavy atom. The number of carboxylic acid groups (broad SMARTS) is 1. The van der Waals surface area contributed by atoms with Gasteiger partial charge in [0.05, 0.1) is 11.6 Å². The molecule has 1 fully saturated rings. The molecule has 25 heavy (non-hydrogen) atoms. The number of aliphatic hydroxyl groups excluding tert-OH is 1. The summed E-state index contributed by atoms with van der Waals surface area (Å²) >= 11 is 0. The second-order valence-electron chi connectivity index (χ2n) is 7.26. The Kier molecular flexibility index (Phi) is 4.69. The first-order chi connectivity index (χ1) is 11.9. The second-order valence-corrected chi connectivity index (χ2v) is 7.26. The highest BCUT2D eigenvalue weighted by atomic mass is 16.4. The summed E-state index contributed by atoms with van der Waals surface area (Å²) in [5.41, 5.74) is 2.12. The average Bonchev–Trinajstić information content (AvgIpc) is 2.57. The maximum atomic E-state index is 12.0. The molecule has 2 N–H and O–H groups in total. The molecule has 0 radical (unpaired) electrons. The van der Waals surface area contributed by atoms with Crippen LogP contribution in [0.2, 0.25) is 0 Å². The van der Waals surface area contributed by atoms with E-state index in [2.05, 4.69) is 19.9 Å². The predicted molar refractivity (Wildman–Crippen MR) is 99.0 cm³/mol. The monoisotopic (exact) mass is 342 g/mol. The van der Waals surface area contributed by atoms with Crippen LogP contribution in [0.4, 0.5) is 5.82 Å². The number of carbonyl (C=O) groups is 1. The van der Waals surface area contributed by atoms with Gasteiger partial charge in [-0.05, 0) is 50.5 Å². The van der Waals surface area contributed by atoms with Gasteiger partial charge in [0.1, 0.15) is 11.2 Å². The molecule has 2 heterocycles. The van der Waals surface area contributed by atoms with E-state index >= 15 is 0 Å². The van der Waals surface area contributed by atoms with E-state index in [1.165, 1.54) is 5.56 Å². The number of anilines is 1. The first kappa shape index (κ1) is 17.7. The standard InChI is InChI=1S/C20H26N2O3/c1-4-8-20(19(24)25)12-22(9-7-17(20)23)18-11-14(3)15-10-13(2)5-6-16(15)21-18/h5-6,10-11,17,23H,4,7-9,12H2,1-3H3,(H,24,25)/t17-,20-/m0/s1. The third kappa shape index (κ3) is 3.09. The number of hydrogen-bond acceptors (Lipinski definition) is 4. The quantitative estimate of drug-likeness (QED) is 0.892. The van der Waals surface area contributed by atoms with Crippen LogP contribution in [0.1, 0.15) is 37.3 Å². The van der Waals surface area contributed by atoms with E-state index in [0.29, 0.717) is 25.9 Å². The lowest BCUT2D eigenvalue weighted by Crippen LogP contribution is -2.56. The molecule has 2 aromatic rings. The summed E-state index contributed by atoms with van der Waals surface area (Å²) in [5, 5.41) is 21.3. The number of hydrogen-bond donors (Lipinski definition) is 2. The van der Waals surface area contributed by atoms with Gasteiger partial charge in [0.2, 0.25) is 0 Å². The van der Waals surface area contributed by atoms with Crippen molar-refractivity contribution in [2.24, 2.45) is 5.41 Å². The van der Waals surface area contributed by atoms with Crippen LogP contribution in [0.25, 0.3) is 10.9 Å². The minimum Gasteiger partial charge on any atom is -0.481 e. The van der Waals surface area contributed by atoms with Crippen molar-refractivity contribution in [1.82, 2.24) is 4.98 Å². The van der Waals surface area contributed by atoms with Gasteiger partial charge in [-0.1, -0.05) is 25.0 Å². The Bertz CT molecular complexity index is 805. The van der Waals surface area contributed by atoms with Gasteiger partial charge in [0, 0.05) is 18.5 Å². The summed E-state index contributed by atoms with van der Waals surface area (Å²) < 4.78 is 0. The number of nitrogens with zero attached hydrogens (tertiary/aromatic N) is 2. The minimum absolute atomic E-state index is 0.293. The van der Waals surface area contributed by atoms with Crippen LogP contribution in [0.5, 0.6) is 0 Å². The molecule has 1 aliphatic rings. The molecule has 0 unspecified atom stereocenters. The van der Waals surface area contributed by atoms with E-state index in [9.17, 15) is 15.0 Å². The Morgan fingerprint density at radius 2 is 2.12 bits per heavy atom. The zero-order valence-corrected chi connectivity index (χ0v) is 15.1. The van der Waals surface area contributed by atoms with Gasteiger partial charge in [0.15, 0.2) is 0 Å². The van der Waals surface area contributed by atoms with Crippen molar-refractivity contribution in [2.45, 2.75) is 46.1 Å². The number of pyridine rings is 1. The number of aromatic nitrogens is 1. The van der Waals surface area contributed by atoms with Gasteiger partial charge >= 0.3 is 5.97 Å². The summed E-state index contributed by atoms with van der Waals surface area (Å²) in [6.07, 6.45) is 0.816. The number of fused-ring (bicyclic) bond motifs is 1. The highest BCUT2D eigenvalue weighted by molar-refractivity contribution is 5.85. The van der Waals surface area contributed by atoms with Gasteiger partial charge in [-0.3, -0.25) is 4.79 Å². The van der Waals surface area contributed by atoms with Crippen LogP contribution >= 0.6 is 0 Å². The average molecular weight is 342 g/mol. The molecule has 0 spiro atoms. The fourth-order valence-electron chi connectivity index (χ4n) is 3.94. The number of aliphatic carboxylic acids is 1. The van der Waals surface area contributed by atoms with E-state index in [0.717, 1.165) is 28.7 Å². The summed E-state index contributed by atoms with van der Waals surface area (Å²) in [7, 11) is 0. The van der Waals surface area contributed by atoms with Crippen molar-refractivity contribution in [3.8, 4) is 0 Å². The molecule has 1 aliphatic heterocycles. The molecule has 1 aromatic carbocycles. The van der Waals surface area contributed by atoms with Crippen LogP contribution in [0, 0.1) is 19.3 Å². The second kappa shape index (κ2) is 6.64. The maximum absolute atomic E-state index is 12.0. The number of carboxylic acids is 1. The van der Waals surface area contributed by atoms with Crippen molar-refractivity contribution < 1.29 is 15.0 Å². The van der Waals surface area contributed by atoms with Gasteiger partial charge < -0.3 is 15.1 Å². The van der Waals surface area contributed by atoms with Gasteiger partial charge in [-0.15, -0.1) is 0 Å². The van der Waals surface area contributed by atoms with Crippen LogP contribution in [-0.4, -0.2) is 40.4 Å². The molecule has 1 saturated heterocycles. The molecule has 5 heteroatoms. The molecule has 3 rings (SSSR count). The topological polar surface area (TPSA) is 73.7 Å². The molecule has 5 nitrogen and oxygen atoms in total. The third-order valence-corrected chi connectivity index (χ3v) is 5.39. The van der Waals surface area contributed by atoms with Crippen LogP contribution in [0.3, 0.4) is 0 Å². The van der Waals surface area contributed by atoms with Gasteiger partial charge in [-0.25, -0.2) is 4.98 Å². The maximum Gasteiger partial charge on any atom is 0.314 e. The molecular formula is C20H26N2O3. The van der Waals surface area contributed by atoms with E-state index in [1.54, 1.807) is 0 Å². The van der Waals surface area contributed by atoms with Crippen molar-refractivity contribution in [2.75, 3.05) is 18.0 Å². The van der Waals surface area contributed by atoms with Crippen LogP contribution < -0.4 is 4.90 Å². The number of piperidine rings is 1. The number of rotatable bonds is 4. The Hall–Kier alpha value is -2.14. The lowest BCUT2D eigenvalue weighted by atomic mass is 9.74. The van der Waals surface area contributed by atoms with Crippen LogP contribution in [0.15, 0.2) is 24.3 Å². The number of aliphatic hydroxyl groups is 1. The van der Waals surface area contributed by atoms with Crippen molar-refractivity contribution >= 4 is 22.7 Å². The molecule has 0 saturated carbocycles. The zero-order chi connectivity index (χ0) is 18.2. The van der Waals surface area contributed by atoms with Crippen LogP contribution in [-0.2, 0) is 4.79 Å². The fourth-order valence-corrected chi connectivity index (χ4v) is 3.94. The van der Waals surface area contributed by atoms with Crippen molar-refractivity contribution in [3.05, 3.63) is 35.4 Å². The Balaban J connectivity index is 2.00. The minimum atomic E-state index is -1.12. The van der Waals surface area contributed by atoms with E-state index < -0.39 is 17.5 Å². The normalized spacial score (nSPS) is 23.8. The molecule has 0 bridgehead atoms. The molecule has 2 atom stereocenters. The van der Waals surface area contributed by atoms with Gasteiger partial charge in [-0.2, -0.15) is 0 Å². The predicted octanol–water partition coefficient (Wildman–Crippen LogP) is 3.29. The van der Waals surface area contributed by atoms with E-state index in [4.69, 9.17) is 4.98 Å². The van der Waals surface area contributed by atoms with Gasteiger partial charge in [0.25, 0.3) is 0 Å². The fraction of sp³-hybridized carbons (Fsp3) is 0.500. The first-order valence-corrected chi connectivity index (χ1v) is 8.92. The third-order valence-electron chi connectivity index (χ3n) is 5.39. The summed E-state index contributed by atoms with van der Waals surface area (Å²) in [6.45, 7) is 6.98. The molecular weight excluding hydrogens is 316 g/mol.